The normalized spacial score (nSPS) is 9.95. The van der Waals surface area contributed by atoms with Crippen LogP contribution in [0.3, 0.4) is 0 Å². The Hall–Kier alpha value is -2.46. The number of hydrogen-bond donors (Lipinski definition) is 0. The number of hydrogen-bond acceptors (Lipinski definition) is 4. The summed E-state index contributed by atoms with van der Waals surface area (Å²) in [7, 11) is 0. The highest BCUT2D eigenvalue weighted by Crippen LogP contribution is 2.15. The Labute approximate surface area is 121 Å². The summed E-state index contributed by atoms with van der Waals surface area (Å²) in [5, 5.41) is 17.4. The minimum atomic E-state index is -0.0777. The van der Waals surface area contributed by atoms with Crippen LogP contribution in [0.5, 0.6) is 0 Å². The van der Waals surface area contributed by atoms with Gasteiger partial charge in [0.15, 0.2) is 5.57 Å². The minimum Gasteiger partial charge on any atom is -0.467 e. The molecule has 0 aliphatic carbocycles. The summed E-state index contributed by atoms with van der Waals surface area (Å²) in [5.74, 6) is 0.609. The van der Waals surface area contributed by atoms with E-state index in [0.29, 0.717) is 12.2 Å². The van der Waals surface area contributed by atoms with E-state index in [0.717, 1.165) is 30.6 Å². The Morgan fingerprint density at radius 2 is 1.75 bits per heavy atom. The monoisotopic (exact) mass is 271 g/mol. The second kappa shape index (κ2) is 9.47. The van der Waals surface area contributed by atoms with E-state index in [1.54, 1.807) is 12.1 Å². The Balaban J connectivity index is 5.12. The van der Waals surface area contributed by atoms with Gasteiger partial charge in [-0.2, -0.15) is 10.5 Å². The molecular formula is C16H21N3O. The van der Waals surface area contributed by atoms with Crippen LogP contribution < -0.4 is 0 Å². The molecule has 0 amide bonds. The first-order chi connectivity index (χ1) is 9.48. The standard InChI is InChI=1S/C16H21N3O/c1-6-19(7-2)14(5)9-16(8-13(3)4)20-12-15(10-17)11-18/h9,12H,3,5-8H2,1-2,4H3/b16-9+. The van der Waals surface area contributed by atoms with Gasteiger partial charge in [-0.1, -0.05) is 18.7 Å². The van der Waals surface area contributed by atoms with Gasteiger partial charge >= 0.3 is 0 Å². The summed E-state index contributed by atoms with van der Waals surface area (Å²) in [5.41, 5.74) is 1.67. The Morgan fingerprint density at radius 1 is 1.20 bits per heavy atom. The highest BCUT2D eigenvalue weighted by Gasteiger charge is 2.05. The molecule has 0 radical (unpaired) electrons. The van der Waals surface area contributed by atoms with Crippen LogP contribution in [0.2, 0.25) is 0 Å². The van der Waals surface area contributed by atoms with Crippen molar-refractivity contribution >= 4 is 0 Å². The summed E-state index contributed by atoms with van der Waals surface area (Å²) in [6.45, 7) is 15.5. The van der Waals surface area contributed by atoms with E-state index in [2.05, 4.69) is 18.1 Å². The van der Waals surface area contributed by atoms with Crippen molar-refractivity contribution in [1.29, 1.82) is 10.5 Å². The maximum Gasteiger partial charge on any atom is 0.164 e. The predicted molar refractivity (Wildman–Crippen MR) is 80.0 cm³/mol. The van der Waals surface area contributed by atoms with Gasteiger partial charge in [-0.05, 0) is 26.8 Å². The second-order valence-corrected chi connectivity index (χ2v) is 4.28. The molecule has 0 fully saturated rings. The van der Waals surface area contributed by atoms with Crippen molar-refractivity contribution in [2.75, 3.05) is 13.1 Å². The summed E-state index contributed by atoms with van der Waals surface area (Å²) in [4.78, 5) is 2.08. The van der Waals surface area contributed by atoms with Crippen LogP contribution in [-0.4, -0.2) is 18.0 Å². The molecule has 106 valence electrons. The molecule has 0 aromatic rings. The minimum absolute atomic E-state index is 0.0777. The van der Waals surface area contributed by atoms with E-state index < -0.39 is 0 Å². The summed E-state index contributed by atoms with van der Waals surface area (Å²) in [6, 6.07) is 3.50. The fourth-order valence-corrected chi connectivity index (χ4v) is 1.54. The zero-order valence-electron chi connectivity index (χ0n) is 12.4. The summed E-state index contributed by atoms with van der Waals surface area (Å²) < 4.78 is 5.41. The first kappa shape index (κ1) is 17.5. The molecule has 0 spiro atoms. The van der Waals surface area contributed by atoms with Crippen LogP contribution >= 0.6 is 0 Å². The van der Waals surface area contributed by atoms with Crippen molar-refractivity contribution < 1.29 is 4.74 Å². The van der Waals surface area contributed by atoms with Crippen molar-refractivity contribution in [3.05, 3.63) is 48.1 Å². The highest BCUT2D eigenvalue weighted by molar-refractivity contribution is 5.34. The third-order valence-corrected chi connectivity index (χ3v) is 2.54. The molecular weight excluding hydrogens is 250 g/mol. The van der Waals surface area contributed by atoms with Crippen LogP contribution in [0.15, 0.2) is 48.1 Å². The molecule has 0 aromatic heterocycles. The molecule has 0 saturated heterocycles. The number of allylic oxidation sites excluding steroid dienone is 3. The zero-order valence-corrected chi connectivity index (χ0v) is 12.4. The Morgan fingerprint density at radius 3 is 2.15 bits per heavy atom. The van der Waals surface area contributed by atoms with Gasteiger partial charge in [0.05, 0.1) is 0 Å². The van der Waals surface area contributed by atoms with Crippen LogP contribution in [0.25, 0.3) is 0 Å². The number of likely N-dealkylation sites (N-methyl/N-ethyl adjacent to an activating group) is 1. The molecule has 20 heavy (non-hydrogen) atoms. The molecule has 4 heteroatoms. The molecule has 4 nitrogen and oxygen atoms in total. The van der Waals surface area contributed by atoms with Gasteiger partial charge in [-0.15, -0.1) is 0 Å². The fourth-order valence-electron chi connectivity index (χ4n) is 1.54. The average Bonchev–Trinajstić information content (AvgIpc) is 2.40. The zero-order chi connectivity index (χ0) is 15.5. The molecule has 0 bridgehead atoms. The molecule has 0 aromatic carbocycles. The van der Waals surface area contributed by atoms with Crippen molar-refractivity contribution in [3.8, 4) is 12.1 Å². The van der Waals surface area contributed by atoms with Gasteiger partial charge in [-0.25, -0.2) is 0 Å². The lowest BCUT2D eigenvalue weighted by Gasteiger charge is -2.21. The van der Waals surface area contributed by atoms with Gasteiger partial charge in [0.25, 0.3) is 0 Å². The van der Waals surface area contributed by atoms with Gasteiger partial charge in [0.1, 0.15) is 24.2 Å². The lowest BCUT2D eigenvalue weighted by Crippen LogP contribution is -2.20. The van der Waals surface area contributed by atoms with Gasteiger partial charge in [0.2, 0.25) is 0 Å². The van der Waals surface area contributed by atoms with E-state index in [-0.39, 0.29) is 5.57 Å². The fraction of sp³-hybridized carbons (Fsp3) is 0.375. The third kappa shape index (κ3) is 6.47. The molecule has 0 aliphatic heterocycles. The second-order valence-electron chi connectivity index (χ2n) is 4.28. The SMILES string of the molecule is C=C(C)C/C(=C\C(=C)N(CC)CC)OC=C(C#N)C#N. The molecule has 0 heterocycles. The smallest absolute Gasteiger partial charge is 0.164 e. The quantitative estimate of drug-likeness (QED) is 0.293. The molecule has 0 aliphatic rings. The van der Waals surface area contributed by atoms with Crippen molar-refractivity contribution in [1.82, 2.24) is 4.90 Å². The van der Waals surface area contributed by atoms with Gasteiger partial charge in [0, 0.05) is 25.2 Å². The average molecular weight is 271 g/mol. The molecule has 0 rings (SSSR count). The van der Waals surface area contributed by atoms with Gasteiger partial charge in [-0.3, -0.25) is 0 Å². The first-order valence-corrected chi connectivity index (χ1v) is 6.44. The highest BCUT2D eigenvalue weighted by atomic mass is 16.5. The van der Waals surface area contributed by atoms with E-state index >= 15 is 0 Å². The van der Waals surface area contributed by atoms with Gasteiger partial charge < -0.3 is 9.64 Å². The number of nitriles is 2. The van der Waals surface area contributed by atoms with Crippen LogP contribution in [0.1, 0.15) is 27.2 Å². The van der Waals surface area contributed by atoms with Crippen molar-refractivity contribution in [2.45, 2.75) is 27.2 Å². The van der Waals surface area contributed by atoms with E-state index in [1.807, 2.05) is 26.8 Å². The molecule has 0 atom stereocenters. The predicted octanol–water partition coefficient (Wildman–Crippen LogP) is 3.64. The van der Waals surface area contributed by atoms with E-state index in [9.17, 15) is 0 Å². The maximum absolute atomic E-state index is 8.68. The maximum atomic E-state index is 8.68. The molecule has 0 unspecified atom stereocenters. The topological polar surface area (TPSA) is 60.0 Å². The summed E-state index contributed by atoms with van der Waals surface area (Å²) >= 11 is 0. The largest absolute Gasteiger partial charge is 0.467 e. The van der Waals surface area contributed by atoms with Crippen LogP contribution in [0.4, 0.5) is 0 Å². The lowest BCUT2D eigenvalue weighted by molar-refractivity contribution is 0.332. The molecule has 0 N–H and O–H groups in total. The lowest BCUT2D eigenvalue weighted by atomic mass is 10.2. The van der Waals surface area contributed by atoms with E-state index in [1.165, 1.54) is 0 Å². The number of nitrogens with zero attached hydrogens (tertiary/aromatic N) is 3. The molecule has 0 saturated carbocycles. The van der Waals surface area contributed by atoms with Crippen LogP contribution in [0, 0.1) is 22.7 Å². The van der Waals surface area contributed by atoms with Crippen molar-refractivity contribution in [3.63, 3.8) is 0 Å². The Kier molecular flexibility index (Phi) is 8.30. The number of ether oxygens (including phenoxy) is 1. The first-order valence-electron chi connectivity index (χ1n) is 6.44. The Bertz CT molecular complexity index is 481. The van der Waals surface area contributed by atoms with Crippen molar-refractivity contribution in [2.24, 2.45) is 0 Å². The number of rotatable bonds is 8. The third-order valence-electron chi connectivity index (χ3n) is 2.54. The summed E-state index contributed by atoms with van der Waals surface area (Å²) in [6.07, 6.45) is 3.50. The van der Waals surface area contributed by atoms with E-state index in [4.69, 9.17) is 15.3 Å². The van der Waals surface area contributed by atoms with Crippen LogP contribution in [-0.2, 0) is 4.74 Å².